The molecule has 0 radical (unpaired) electrons. The highest BCUT2D eigenvalue weighted by molar-refractivity contribution is 9.10. The van der Waals surface area contributed by atoms with Crippen molar-refractivity contribution in [3.63, 3.8) is 0 Å². The van der Waals surface area contributed by atoms with E-state index >= 15 is 0 Å². The molecule has 0 bridgehead atoms. The van der Waals surface area contributed by atoms with E-state index in [4.69, 9.17) is 4.52 Å². The van der Waals surface area contributed by atoms with Crippen LogP contribution in [-0.4, -0.2) is 22.7 Å². The molecule has 25 heavy (non-hydrogen) atoms. The van der Waals surface area contributed by atoms with Gasteiger partial charge < -0.3 is 4.52 Å². The Bertz CT molecular complexity index is 1120. The average molecular weight is 429 g/mol. The Kier molecular flexibility index (Phi) is 4.38. The Labute approximate surface area is 152 Å². The molecule has 0 aliphatic carbocycles. The van der Waals surface area contributed by atoms with Crippen molar-refractivity contribution in [3.05, 3.63) is 44.1 Å². The van der Waals surface area contributed by atoms with Crippen molar-refractivity contribution in [3.8, 4) is 0 Å². The number of nitrogens with zero attached hydrogens (tertiary/aromatic N) is 3. The predicted molar refractivity (Wildman–Crippen MR) is 95.9 cm³/mol. The molecule has 0 amide bonds. The standard InChI is InChI=1S/C15H17BrN4O4S/c1-8-10(9(2)24-18-8)7-17-25(22,23)14-6-13-12(5-11(14)16)19(3)15(21)20(13)4/h5-6,17H,7H2,1-4H3. The van der Waals surface area contributed by atoms with E-state index in [1.54, 1.807) is 34.0 Å². The first-order valence-corrected chi connectivity index (χ1v) is 9.67. The Morgan fingerprint density at radius 2 is 1.80 bits per heavy atom. The highest BCUT2D eigenvalue weighted by atomic mass is 79.9. The summed E-state index contributed by atoms with van der Waals surface area (Å²) in [5.74, 6) is 0.570. The van der Waals surface area contributed by atoms with Crippen LogP contribution in [0, 0.1) is 13.8 Å². The molecule has 0 saturated carbocycles. The summed E-state index contributed by atoms with van der Waals surface area (Å²) in [5, 5.41) is 3.81. The average Bonchev–Trinajstić information content (AvgIpc) is 2.97. The molecule has 2 aromatic heterocycles. The first kappa shape index (κ1) is 17.9. The van der Waals surface area contributed by atoms with Gasteiger partial charge in [-0.1, -0.05) is 5.16 Å². The minimum Gasteiger partial charge on any atom is -0.361 e. The van der Waals surface area contributed by atoms with Crippen molar-refractivity contribution in [2.45, 2.75) is 25.3 Å². The van der Waals surface area contributed by atoms with Crippen LogP contribution in [-0.2, 0) is 30.7 Å². The molecule has 0 aliphatic heterocycles. The lowest BCUT2D eigenvalue weighted by Crippen LogP contribution is -2.24. The molecule has 2 heterocycles. The van der Waals surface area contributed by atoms with Crippen LogP contribution in [0.5, 0.6) is 0 Å². The maximum atomic E-state index is 12.7. The number of sulfonamides is 1. The van der Waals surface area contributed by atoms with Gasteiger partial charge in [-0.3, -0.25) is 9.13 Å². The maximum absolute atomic E-state index is 12.7. The number of aromatic nitrogens is 3. The molecule has 8 nitrogen and oxygen atoms in total. The summed E-state index contributed by atoms with van der Waals surface area (Å²) >= 11 is 3.29. The summed E-state index contributed by atoms with van der Waals surface area (Å²) in [6, 6.07) is 3.11. The van der Waals surface area contributed by atoms with Gasteiger partial charge in [0, 0.05) is 30.7 Å². The number of fused-ring (bicyclic) bond motifs is 1. The molecule has 0 atom stereocenters. The number of benzene rings is 1. The second kappa shape index (κ2) is 6.11. The fourth-order valence-electron chi connectivity index (χ4n) is 2.71. The Balaban J connectivity index is 2.04. The van der Waals surface area contributed by atoms with Crippen LogP contribution in [0.4, 0.5) is 0 Å². The summed E-state index contributed by atoms with van der Waals surface area (Å²) < 4.78 is 36.3. The van der Waals surface area contributed by atoms with Crippen LogP contribution in [0.25, 0.3) is 11.0 Å². The van der Waals surface area contributed by atoms with E-state index in [-0.39, 0.29) is 17.1 Å². The monoisotopic (exact) mass is 428 g/mol. The maximum Gasteiger partial charge on any atom is 0.328 e. The van der Waals surface area contributed by atoms with E-state index < -0.39 is 10.0 Å². The van der Waals surface area contributed by atoms with Crippen LogP contribution in [0.3, 0.4) is 0 Å². The number of halogens is 1. The first-order chi connectivity index (χ1) is 11.6. The quantitative estimate of drug-likeness (QED) is 0.681. The topological polar surface area (TPSA) is 99.1 Å². The minimum atomic E-state index is -3.80. The van der Waals surface area contributed by atoms with Crippen LogP contribution in [0.1, 0.15) is 17.0 Å². The van der Waals surface area contributed by atoms with Gasteiger partial charge in [0.05, 0.1) is 21.6 Å². The fourth-order valence-corrected chi connectivity index (χ4v) is 4.75. The second-order valence-corrected chi connectivity index (χ2v) is 8.39. The number of nitrogens with one attached hydrogen (secondary N) is 1. The molecule has 0 aliphatic rings. The molecule has 1 aromatic carbocycles. The molecule has 134 valence electrons. The molecule has 0 fully saturated rings. The zero-order valence-corrected chi connectivity index (χ0v) is 16.5. The van der Waals surface area contributed by atoms with Crippen molar-refractivity contribution >= 4 is 37.0 Å². The predicted octanol–water partition coefficient (Wildman–Crippen LogP) is 1.72. The van der Waals surface area contributed by atoms with Gasteiger partial charge in [-0.05, 0) is 41.9 Å². The van der Waals surface area contributed by atoms with Gasteiger partial charge in [0.1, 0.15) is 5.76 Å². The van der Waals surface area contributed by atoms with Gasteiger partial charge in [0.15, 0.2) is 0 Å². The third-order valence-corrected chi connectivity index (χ3v) is 6.60. The van der Waals surface area contributed by atoms with Crippen LogP contribution < -0.4 is 10.4 Å². The van der Waals surface area contributed by atoms with Gasteiger partial charge in [0.25, 0.3) is 0 Å². The molecular weight excluding hydrogens is 412 g/mol. The highest BCUT2D eigenvalue weighted by Gasteiger charge is 2.22. The molecule has 0 spiro atoms. The molecule has 3 aromatic rings. The zero-order valence-electron chi connectivity index (χ0n) is 14.1. The van der Waals surface area contributed by atoms with E-state index in [9.17, 15) is 13.2 Å². The van der Waals surface area contributed by atoms with Crippen LogP contribution in [0.2, 0.25) is 0 Å². The lowest BCUT2D eigenvalue weighted by molar-refractivity contribution is 0.392. The number of rotatable bonds is 4. The molecule has 10 heteroatoms. The van der Waals surface area contributed by atoms with Crippen molar-refractivity contribution in [1.82, 2.24) is 19.0 Å². The molecule has 0 unspecified atom stereocenters. The van der Waals surface area contributed by atoms with Gasteiger partial charge >= 0.3 is 5.69 Å². The summed E-state index contributed by atoms with van der Waals surface area (Å²) in [5.41, 5.74) is 2.30. The third-order valence-electron chi connectivity index (χ3n) is 4.24. The Morgan fingerprint density at radius 3 is 2.36 bits per heavy atom. The van der Waals surface area contributed by atoms with E-state index in [1.807, 2.05) is 0 Å². The highest BCUT2D eigenvalue weighted by Crippen LogP contribution is 2.27. The molecule has 0 saturated heterocycles. The molecular formula is C15H17BrN4O4S. The largest absolute Gasteiger partial charge is 0.361 e. The lowest BCUT2D eigenvalue weighted by atomic mass is 10.2. The van der Waals surface area contributed by atoms with Crippen LogP contribution in [0.15, 0.2) is 30.8 Å². The number of imidazole rings is 1. The number of aryl methyl sites for hydroxylation is 4. The zero-order chi connectivity index (χ0) is 18.5. The molecule has 3 rings (SSSR count). The van der Waals surface area contributed by atoms with Crippen LogP contribution >= 0.6 is 15.9 Å². The summed E-state index contributed by atoms with van der Waals surface area (Å²) in [4.78, 5) is 12.1. The van der Waals surface area contributed by atoms with Crippen molar-refractivity contribution < 1.29 is 12.9 Å². The smallest absolute Gasteiger partial charge is 0.328 e. The van der Waals surface area contributed by atoms with Crippen molar-refractivity contribution in [2.24, 2.45) is 14.1 Å². The number of hydrogen-bond donors (Lipinski definition) is 1. The van der Waals surface area contributed by atoms with Crippen molar-refractivity contribution in [1.29, 1.82) is 0 Å². The normalized spacial score (nSPS) is 12.2. The van der Waals surface area contributed by atoms with Gasteiger partial charge in [-0.15, -0.1) is 0 Å². The SMILES string of the molecule is Cc1noc(C)c1CNS(=O)(=O)c1cc2c(cc1Br)n(C)c(=O)n2C. The Hall–Kier alpha value is -1.91. The summed E-state index contributed by atoms with van der Waals surface area (Å²) in [6.07, 6.45) is 0. The fraction of sp³-hybridized carbons (Fsp3) is 0.333. The second-order valence-electron chi connectivity index (χ2n) is 5.80. The van der Waals surface area contributed by atoms with Gasteiger partial charge in [-0.2, -0.15) is 0 Å². The lowest BCUT2D eigenvalue weighted by Gasteiger charge is -2.09. The van der Waals surface area contributed by atoms with E-state index in [1.165, 1.54) is 15.2 Å². The van der Waals surface area contributed by atoms with Crippen molar-refractivity contribution in [2.75, 3.05) is 0 Å². The van der Waals surface area contributed by atoms with E-state index in [0.717, 1.165) is 0 Å². The summed E-state index contributed by atoms with van der Waals surface area (Å²) in [6.45, 7) is 3.55. The Morgan fingerprint density at radius 1 is 1.20 bits per heavy atom. The minimum absolute atomic E-state index is 0.0629. The number of hydrogen-bond acceptors (Lipinski definition) is 5. The molecule has 1 N–H and O–H groups in total. The third kappa shape index (κ3) is 2.94. The van der Waals surface area contributed by atoms with Gasteiger partial charge in [-0.25, -0.2) is 17.9 Å². The van der Waals surface area contributed by atoms with Gasteiger partial charge in [0.2, 0.25) is 10.0 Å². The summed E-state index contributed by atoms with van der Waals surface area (Å²) in [7, 11) is -0.560. The first-order valence-electron chi connectivity index (χ1n) is 7.40. The van der Waals surface area contributed by atoms with E-state index in [0.29, 0.717) is 32.5 Å². The van der Waals surface area contributed by atoms with E-state index in [2.05, 4.69) is 25.8 Å².